The maximum absolute atomic E-state index is 11.9. The molecule has 2 nitrogen and oxygen atoms in total. The average Bonchev–Trinajstić information content (AvgIpc) is 2.71. The summed E-state index contributed by atoms with van der Waals surface area (Å²) >= 11 is 1.81. The Hall–Kier alpha value is -0.830. The second kappa shape index (κ2) is 6.30. The molecule has 0 saturated heterocycles. The van der Waals surface area contributed by atoms with Gasteiger partial charge in [0.15, 0.2) is 0 Å². The van der Waals surface area contributed by atoms with Gasteiger partial charge in [0.05, 0.1) is 5.92 Å². The topological polar surface area (TPSA) is 26.3 Å². The van der Waals surface area contributed by atoms with Gasteiger partial charge in [-0.2, -0.15) is 0 Å². The van der Waals surface area contributed by atoms with E-state index in [9.17, 15) is 4.79 Å². The van der Waals surface area contributed by atoms with Gasteiger partial charge in [-0.3, -0.25) is 4.79 Å². The number of carbonyl (C=O) groups excluding carboxylic acids is 1. The van der Waals surface area contributed by atoms with E-state index in [1.807, 2.05) is 39.0 Å². The second-order valence-corrected chi connectivity index (χ2v) is 8.45. The molecule has 114 valence electrons. The third-order valence-corrected chi connectivity index (χ3v) is 4.47. The van der Waals surface area contributed by atoms with Gasteiger partial charge in [0, 0.05) is 4.88 Å². The van der Waals surface area contributed by atoms with Crippen LogP contribution in [0.3, 0.4) is 0 Å². The van der Waals surface area contributed by atoms with Crippen molar-refractivity contribution in [3.63, 3.8) is 0 Å². The number of ether oxygens (including phenoxy) is 1. The monoisotopic (exact) mass is 296 g/mol. The Bertz CT molecular complexity index is 446. The highest BCUT2D eigenvalue weighted by Crippen LogP contribution is 2.29. The van der Waals surface area contributed by atoms with E-state index in [4.69, 9.17) is 4.74 Å². The van der Waals surface area contributed by atoms with Crippen LogP contribution in [0.5, 0.6) is 0 Å². The van der Waals surface area contributed by atoms with Crippen molar-refractivity contribution in [2.45, 2.75) is 72.3 Å². The molecular weight excluding hydrogens is 268 g/mol. The normalized spacial score (nSPS) is 14.2. The highest BCUT2D eigenvalue weighted by atomic mass is 32.1. The van der Waals surface area contributed by atoms with Crippen molar-refractivity contribution < 1.29 is 9.53 Å². The van der Waals surface area contributed by atoms with E-state index in [2.05, 4.69) is 32.2 Å². The highest BCUT2D eigenvalue weighted by molar-refractivity contribution is 7.10. The Morgan fingerprint density at radius 3 is 2.30 bits per heavy atom. The summed E-state index contributed by atoms with van der Waals surface area (Å²) in [5, 5.41) is 2.21. The third-order valence-electron chi connectivity index (χ3n) is 3.07. The van der Waals surface area contributed by atoms with Crippen LogP contribution < -0.4 is 0 Å². The van der Waals surface area contributed by atoms with E-state index in [0.29, 0.717) is 0 Å². The minimum atomic E-state index is -0.396. The molecule has 0 aliphatic heterocycles. The van der Waals surface area contributed by atoms with Crippen molar-refractivity contribution in [1.29, 1.82) is 0 Å². The van der Waals surface area contributed by atoms with Crippen LogP contribution >= 0.6 is 11.3 Å². The molecular formula is C17H28O2S. The largest absolute Gasteiger partial charge is 0.460 e. The molecule has 0 N–H and O–H groups in total. The summed E-state index contributed by atoms with van der Waals surface area (Å²) in [5.41, 5.74) is 1.14. The van der Waals surface area contributed by atoms with Gasteiger partial charge in [0.1, 0.15) is 5.60 Å². The summed E-state index contributed by atoms with van der Waals surface area (Å²) < 4.78 is 5.41. The zero-order valence-electron chi connectivity index (χ0n) is 13.9. The van der Waals surface area contributed by atoms with Crippen LogP contribution in [-0.2, 0) is 21.4 Å². The fourth-order valence-corrected chi connectivity index (χ4v) is 2.84. The first-order chi connectivity index (χ1) is 8.99. The number of esters is 1. The quantitative estimate of drug-likeness (QED) is 0.734. The van der Waals surface area contributed by atoms with Gasteiger partial charge in [-0.25, -0.2) is 0 Å². The number of thiophene rings is 1. The van der Waals surface area contributed by atoms with Crippen molar-refractivity contribution in [2.24, 2.45) is 5.92 Å². The standard InChI is InChI=1S/C17H28O2S/c1-12(15(18)19-17(5,6)7)8-9-13-10-14(20-11-13)16(2,3)4/h10-12H,8-9H2,1-7H3/t12-/m0/s1. The first-order valence-electron chi connectivity index (χ1n) is 7.30. The van der Waals surface area contributed by atoms with Gasteiger partial charge < -0.3 is 4.74 Å². The van der Waals surface area contributed by atoms with Crippen molar-refractivity contribution in [3.05, 3.63) is 21.9 Å². The number of hydrogen-bond acceptors (Lipinski definition) is 3. The van der Waals surface area contributed by atoms with Crippen LogP contribution in [0.4, 0.5) is 0 Å². The molecule has 1 atom stereocenters. The van der Waals surface area contributed by atoms with E-state index in [1.165, 1.54) is 10.4 Å². The summed E-state index contributed by atoms with van der Waals surface area (Å²) in [6.07, 6.45) is 1.78. The van der Waals surface area contributed by atoms with E-state index in [1.54, 1.807) is 0 Å². The van der Waals surface area contributed by atoms with Crippen LogP contribution in [0, 0.1) is 5.92 Å². The van der Waals surface area contributed by atoms with E-state index in [0.717, 1.165) is 12.8 Å². The molecule has 0 aromatic carbocycles. The van der Waals surface area contributed by atoms with Crippen molar-refractivity contribution in [1.82, 2.24) is 0 Å². The summed E-state index contributed by atoms with van der Waals surface area (Å²) in [4.78, 5) is 13.3. The molecule has 0 aliphatic rings. The summed E-state index contributed by atoms with van der Waals surface area (Å²) in [6.45, 7) is 14.4. The fourth-order valence-electron chi connectivity index (χ4n) is 1.80. The lowest BCUT2D eigenvalue weighted by molar-refractivity contribution is -0.159. The molecule has 0 unspecified atom stereocenters. The van der Waals surface area contributed by atoms with Crippen LogP contribution in [0.2, 0.25) is 0 Å². The molecule has 0 fully saturated rings. The van der Waals surface area contributed by atoms with Gasteiger partial charge in [0.25, 0.3) is 0 Å². The van der Waals surface area contributed by atoms with Gasteiger partial charge in [0.2, 0.25) is 0 Å². The minimum Gasteiger partial charge on any atom is -0.460 e. The zero-order valence-corrected chi connectivity index (χ0v) is 14.7. The third kappa shape index (κ3) is 5.66. The maximum Gasteiger partial charge on any atom is 0.309 e. The lowest BCUT2D eigenvalue weighted by atomic mass is 9.93. The summed E-state index contributed by atoms with van der Waals surface area (Å²) in [7, 11) is 0. The fraction of sp³-hybridized carbons (Fsp3) is 0.706. The molecule has 3 heteroatoms. The Labute approximate surface area is 127 Å². The Morgan fingerprint density at radius 2 is 1.85 bits per heavy atom. The van der Waals surface area contributed by atoms with Crippen molar-refractivity contribution in [3.8, 4) is 0 Å². The number of aryl methyl sites for hydroxylation is 1. The van der Waals surface area contributed by atoms with Crippen LogP contribution in [0.1, 0.15) is 65.3 Å². The molecule has 20 heavy (non-hydrogen) atoms. The number of hydrogen-bond donors (Lipinski definition) is 0. The van der Waals surface area contributed by atoms with E-state index >= 15 is 0 Å². The van der Waals surface area contributed by atoms with Crippen molar-refractivity contribution in [2.75, 3.05) is 0 Å². The summed E-state index contributed by atoms with van der Waals surface area (Å²) in [5.74, 6) is -0.143. The smallest absolute Gasteiger partial charge is 0.309 e. The Morgan fingerprint density at radius 1 is 1.25 bits per heavy atom. The number of carbonyl (C=O) groups is 1. The highest BCUT2D eigenvalue weighted by Gasteiger charge is 2.22. The Balaban J connectivity index is 2.51. The predicted molar refractivity (Wildman–Crippen MR) is 86.3 cm³/mol. The van der Waals surface area contributed by atoms with Gasteiger partial charge in [-0.05, 0) is 56.0 Å². The molecule has 1 rings (SSSR count). The van der Waals surface area contributed by atoms with Gasteiger partial charge in [-0.1, -0.05) is 27.7 Å². The minimum absolute atomic E-state index is 0.0489. The molecule has 1 heterocycles. The Kier molecular flexibility index (Phi) is 5.42. The zero-order chi connectivity index (χ0) is 15.6. The molecule has 0 aliphatic carbocycles. The maximum atomic E-state index is 11.9. The molecule has 0 radical (unpaired) electrons. The molecule has 0 saturated carbocycles. The first kappa shape index (κ1) is 17.2. The van der Waals surface area contributed by atoms with Crippen LogP contribution in [-0.4, -0.2) is 11.6 Å². The average molecular weight is 296 g/mol. The van der Waals surface area contributed by atoms with Gasteiger partial charge in [-0.15, -0.1) is 11.3 Å². The van der Waals surface area contributed by atoms with Crippen LogP contribution in [0.25, 0.3) is 0 Å². The molecule has 0 bridgehead atoms. The first-order valence-corrected chi connectivity index (χ1v) is 8.18. The number of rotatable bonds is 4. The van der Waals surface area contributed by atoms with E-state index < -0.39 is 5.60 Å². The lowest BCUT2D eigenvalue weighted by Crippen LogP contribution is -2.27. The van der Waals surface area contributed by atoms with Crippen LogP contribution in [0.15, 0.2) is 11.4 Å². The second-order valence-electron chi connectivity index (χ2n) is 7.54. The molecule has 0 spiro atoms. The molecule has 0 amide bonds. The van der Waals surface area contributed by atoms with Gasteiger partial charge >= 0.3 is 5.97 Å². The van der Waals surface area contributed by atoms with Crippen molar-refractivity contribution >= 4 is 17.3 Å². The SMILES string of the molecule is C[C@@H](CCc1csc(C(C)(C)C)c1)C(=O)OC(C)(C)C. The molecule has 1 aromatic heterocycles. The predicted octanol–water partition coefficient (Wildman–Crippen LogP) is 4.96. The molecule has 1 aromatic rings. The van der Waals surface area contributed by atoms with E-state index in [-0.39, 0.29) is 17.3 Å². The lowest BCUT2D eigenvalue weighted by Gasteiger charge is -2.22. The summed E-state index contributed by atoms with van der Waals surface area (Å²) in [6, 6.07) is 2.27.